The predicted molar refractivity (Wildman–Crippen MR) is 144 cm³/mol. The molecule has 37 heavy (non-hydrogen) atoms. The third-order valence-corrected chi connectivity index (χ3v) is 6.74. The average molecular weight is 513 g/mol. The second-order valence-electron chi connectivity index (χ2n) is 8.28. The van der Waals surface area contributed by atoms with Crippen LogP contribution in [0.4, 0.5) is 11.4 Å². The summed E-state index contributed by atoms with van der Waals surface area (Å²) in [4.78, 5) is 38.1. The highest BCUT2D eigenvalue weighted by Gasteiger charge is 2.23. The van der Waals surface area contributed by atoms with Gasteiger partial charge in [-0.25, -0.2) is 4.79 Å². The Balaban J connectivity index is 1.55. The van der Waals surface area contributed by atoms with Gasteiger partial charge in [-0.3, -0.25) is 9.59 Å². The number of carboxylic acids is 1. The van der Waals surface area contributed by atoms with E-state index in [-0.39, 0.29) is 28.8 Å². The van der Waals surface area contributed by atoms with E-state index in [0.717, 1.165) is 16.0 Å². The number of amides is 2. The zero-order valence-electron chi connectivity index (χ0n) is 19.8. The summed E-state index contributed by atoms with van der Waals surface area (Å²) in [7, 11) is 0. The van der Waals surface area contributed by atoms with Gasteiger partial charge in [0.15, 0.2) is 0 Å². The molecule has 1 unspecified atom stereocenters. The molecule has 4 N–H and O–H groups in total. The fourth-order valence-corrected chi connectivity index (χ4v) is 4.67. The van der Waals surface area contributed by atoms with Gasteiger partial charge in [0, 0.05) is 21.8 Å². The maximum Gasteiger partial charge on any atom is 0.339 e. The van der Waals surface area contributed by atoms with Gasteiger partial charge in [-0.1, -0.05) is 54.1 Å². The number of aromatic hydroxyl groups is 1. The van der Waals surface area contributed by atoms with Crippen LogP contribution >= 0.6 is 11.8 Å². The molecule has 0 bridgehead atoms. The molecule has 0 aliphatic rings. The van der Waals surface area contributed by atoms with Gasteiger partial charge in [0.2, 0.25) is 5.91 Å². The molecule has 0 saturated carbocycles. The second kappa shape index (κ2) is 11.5. The molecule has 2 amide bonds. The summed E-state index contributed by atoms with van der Waals surface area (Å²) in [6, 6.07) is 27.5. The Morgan fingerprint density at radius 1 is 0.784 bits per heavy atom. The first kappa shape index (κ1) is 25.5. The fourth-order valence-electron chi connectivity index (χ4n) is 3.59. The molecule has 1 atom stereocenters. The standard InChI is InChI=1S/C29H24N2O5S/c1-18-10-12-20(13-11-18)27(33)30-21-8-5-9-23(16-21)37-26(19-6-3-2-4-7-19)28(34)31-22-14-15-25(32)24(17-22)29(35)36/h2-17,26,32H,1H3,(H,30,33)(H,31,34)(H,35,36). The number of nitrogens with one attached hydrogen (secondary N) is 2. The van der Waals surface area contributed by atoms with Gasteiger partial charge in [-0.15, -0.1) is 11.8 Å². The van der Waals surface area contributed by atoms with E-state index >= 15 is 0 Å². The van der Waals surface area contributed by atoms with E-state index < -0.39 is 11.2 Å². The number of hydrogen-bond acceptors (Lipinski definition) is 5. The number of phenols is 1. The van der Waals surface area contributed by atoms with Gasteiger partial charge < -0.3 is 20.8 Å². The Kier molecular flexibility index (Phi) is 7.90. The minimum absolute atomic E-state index is 0.235. The van der Waals surface area contributed by atoms with Crippen LogP contribution in [-0.2, 0) is 4.79 Å². The SMILES string of the molecule is Cc1ccc(C(=O)Nc2cccc(SC(C(=O)Nc3ccc(O)c(C(=O)O)c3)c3ccccc3)c2)cc1. The van der Waals surface area contributed by atoms with Crippen LogP contribution in [-0.4, -0.2) is 28.0 Å². The maximum absolute atomic E-state index is 13.3. The van der Waals surface area contributed by atoms with Crippen molar-refractivity contribution in [1.29, 1.82) is 0 Å². The predicted octanol–water partition coefficient (Wildman–Crippen LogP) is 6.12. The first-order chi connectivity index (χ1) is 17.8. The number of rotatable bonds is 8. The number of anilines is 2. The molecule has 0 aliphatic heterocycles. The molecule has 0 fully saturated rings. The lowest BCUT2D eigenvalue weighted by Gasteiger charge is -2.18. The number of carbonyl (C=O) groups is 3. The number of carboxylic acid groups (broad SMARTS) is 1. The Hall–Kier alpha value is -4.56. The van der Waals surface area contributed by atoms with E-state index in [1.807, 2.05) is 55.5 Å². The van der Waals surface area contributed by atoms with Gasteiger partial charge in [-0.2, -0.15) is 0 Å². The molecule has 7 nitrogen and oxygen atoms in total. The van der Waals surface area contributed by atoms with Crippen molar-refractivity contribution >= 4 is 40.9 Å². The van der Waals surface area contributed by atoms with Crippen molar-refractivity contribution in [3.05, 3.63) is 119 Å². The van der Waals surface area contributed by atoms with Crippen LogP contribution in [0.3, 0.4) is 0 Å². The third-order valence-electron chi connectivity index (χ3n) is 5.49. The molecule has 0 radical (unpaired) electrons. The van der Waals surface area contributed by atoms with E-state index in [1.165, 1.54) is 30.0 Å². The van der Waals surface area contributed by atoms with Crippen LogP contribution in [0.5, 0.6) is 5.75 Å². The van der Waals surface area contributed by atoms with Crippen molar-refractivity contribution in [1.82, 2.24) is 0 Å². The molecule has 0 aromatic heterocycles. The van der Waals surface area contributed by atoms with Crippen LogP contribution in [0.2, 0.25) is 0 Å². The average Bonchev–Trinajstić information content (AvgIpc) is 2.89. The molecular weight excluding hydrogens is 488 g/mol. The highest BCUT2D eigenvalue weighted by molar-refractivity contribution is 8.00. The topological polar surface area (TPSA) is 116 Å². The van der Waals surface area contributed by atoms with Crippen molar-refractivity contribution in [3.8, 4) is 5.75 Å². The summed E-state index contributed by atoms with van der Waals surface area (Å²) in [5.41, 5.74) is 2.88. The van der Waals surface area contributed by atoms with Gasteiger partial charge in [0.1, 0.15) is 16.6 Å². The van der Waals surface area contributed by atoms with Crippen LogP contribution < -0.4 is 10.6 Å². The molecule has 4 aromatic carbocycles. The first-order valence-electron chi connectivity index (χ1n) is 11.4. The normalized spacial score (nSPS) is 11.4. The van der Waals surface area contributed by atoms with Crippen molar-refractivity contribution in [2.75, 3.05) is 10.6 Å². The number of aryl methyl sites for hydroxylation is 1. The summed E-state index contributed by atoms with van der Waals surface area (Å²) >= 11 is 1.29. The lowest BCUT2D eigenvalue weighted by atomic mass is 10.1. The van der Waals surface area contributed by atoms with E-state index in [4.69, 9.17) is 0 Å². The molecule has 0 heterocycles. The first-order valence-corrected chi connectivity index (χ1v) is 12.2. The monoisotopic (exact) mass is 512 g/mol. The smallest absolute Gasteiger partial charge is 0.339 e. The largest absolute Gasteiger partial charge is 0.507 e. The van der Waals surface area contributed by atoms with Gasteiger partial charge in [-0.05, 0) is 61.0 Å². The lowest BCUT2D eigenvalue weighted by molar-refractivity contribution is -0.115. The van der Waals surface area contributed by atoms with Gasteiger partial charge in [0.05, 0.1) is 0 Å². The summed E-state index contributed by atoms with van der Waals surface area (Å²) in [6.07, 6.45) is 0. The maximum atomic E-state index is 13.3. The van der Waals surface area contributed by atoms with Crippen LogP contribution in [0, 0.1) is 6.92 Å². The molecular formula is C29H24N2O5S. The third kappa shape index (κ3) is 6.56. The number of thioether (sulfide) groups is 1. The van der Waals surface area contributed by atoms with Crippen molar-refractivity contribution in [3.63, 3.8) is 0 Å². The molecule has 0 saturated heterocycles. The molecule has 4 rings (SSSR count). The number of aromatic carboxylic acids is 1. The minimum Gasteiger partial charge on any atom is -0.507 e. The molecule has 8 heteroatoms. The summed E-state index contributed by atoms with van der Waals surface area (Å²) in [5, 5.41) is 24.0. The van der Waals surface area contributed by atoms with Crippen molar-refractivity contribution in [2.45, 2.75) is 17.1 Å². The van der Waals surface area contributed by atoms with E-state index in [0.29, 0.717) is 11.3 Å². The second-order valence-corrected chi connectivity index (χ2v) is 9.46. The number of benzene rings is 4. The van der Waals surface area contributed by atoms with E-state index in [1.54, 1.807) is 30.3 Å². The fraction of sp³-hybridized carbons (Fsp3) is 0.0690. The summed E-state index contributed by atoms with van der Waals surface area (Å²) in [5.74, 6) is -2.29. The minimum atomic E-state index is -1.30. The van der Waals surface area contributed by atoms with Crippen molar-refractivity contribution in [2.24, 2.45) is 0 Å². The zero-order chi connectivity index (χ0) is 26.4. The van der Waals surface area contributed by atoms with Crippen LogP contribution in [0.1, 0.15) is 37.1 Å². The van der Waals surface area contributed by atoms with E-state index in [9.17, 15) is 24.6 Å². The summed E-state index contributed by atoms with van der Waals surface area (Å²) in [6.45, 7) is 1.95. The Labute approximate surface area is 218 Å². The Bertz CT molecular complexity index is 1440. The van der Waals surface area contributed by atoms with Gasteiger partial charge >= 0.3 is 5.97 Å². The Morgan fingerprint density at radius 3 is 2.19 bits per heavy atom. The zero-order valence-corrected chi connectivity index (χ0v) is 20.7. The van der Waals surface area contributed by atoms with Crippen LogP contribution in [0.15, 0.2) is 102 Å². The molecule has 0 aliphatic carbocycles. The quantitative estimate of drug-likeness (QED) is 0.167. The Morgan fingerprint density at radius 2 is 1.49 bits per heavy atom. The van der Waals surface area contributed by atoms with Crippen molar-refractivity contribution < 1.29 is 24.6 Å². The van der Waals surface area contributed by atoms with Gasteiger partial charge in [0.25, 0.3) is 5.91 Å². The molecule has 186 valence electrons. The highest BCUT2D eigenvalue weighted by Crippen LogP contribution is 2.37. The molecule has 4 aromatic rings. The number of carbonyl (C=O) groups excluding carboxylic acids is 2. The van der Waals surface area contributed by atoms with Crippen LogP contribution in [0.25, 0.3) is 0 Å². The lowest BCUT2D eigenvalue weighted by Crippen LogP contribution is -2.19. The summed E-state index contributed by atoms with van der Waals surface area (Å²) < 4.78 is 0. The number of hydrogen-bond donors (Lipinski definition) is 4. The van der Waals surface area contributed by atoms with E-state index in [2.05, 4.69) is 10.6 Å². The highest BCUT2D eigenvalue weighted by atomic mass is 32.2. The molecule has 0 spiro atoms.